The van der Waals surface area contributed by atoms with Gasteiger partial charge in [0.1, 0.15) is 10.5 Å². The van der Waals surface area contributed by atoms with E-state index >= 15 is 0 Å². The number of hydrogen-bond acceptors (Lipinski definition) is 3. The van der Waals surface area contributed by atoms with Gasteiger partial charge in [-0.2, -0.15) is 0 Å². The van der Waals surface area contributed by atoms with Crippen LogP contribution < -0.4 is 0 Å². The molecule has 0 radical (unpaired) electrons. The normalized spacial score (nSPS) is 15.2. The summed E-state index contributed by atoms with van der Waals surface area (Å²) in [6.07, 6.45) is 2.54. The van der Waals surface area contributed by atoms with Gasteiger partial charge in [-0.1, -0.05) is 0 Å². The van der Waals surface area contributed by atoms with Crippen molar-refractivity contribution in [3.05, 3.63) is 21.6 Å². The van der Waals surface area contributed by atoms with Crippen LogP contribution in [0, 0.1) is 5.92 Å². The monoisotopic (exact) mass is 327 g/mol. The highest BCUT2D eigenvalue weighted by molar-refractivity contribution is 9.11. The Morgan fingerprint density at radius 3 is 3.00 bits per heavy atom. The van der Waals surface area contributed by atoms with E-state index in [2.05, 4.69) is 26.6 Å². The lowest BCUT2D eigenvalue weighted by atomic mass is 10.3. The third-order valence-electron chi connectivity index (χ3n) is 3.16. The molecule has 96 valence electrons. The van der Waals surface area contributed by atoms with E-state index in [9.17, 15) is 4.79 Å². The van der Waals surface area contributed by atoms with Gasteiger partial charge in [-0.15, -0.1) is 11.3 Å². The lowest BCUT2D eigenvalue weighted by molar-refractivity contribution is 0.0514. The first-order chi connectivity index (χ1) is 8.69. The van der Waals surface area contributed by atoms with Crippen molar-refractivity contribution < 1.29 is 9.53 Å². The van der Waals surface area contributed by atoms with Crippen LogP contribution in [0.5, 0.6) is 0 Å². The molecule has 0 amide bonds. The molecule has 1 aliphatic carbocycles. The molecule has 5 heteroatoms. The van der Waals surface area contributed by atoms with Gasteiger partial charge >= 0.3 is 5.97 Å². The SMILES string of the molecule is CCOC(=O)c1cc2cc(Br)sc2n1CC1CC1. The molecule has 0 aromatic carbocycles. The zero-order chi connectivity index (χ0) is 12.7. The van der Waals surface area contributed by atoms with Crippen molar-refractivity contribution in [2.75, 3.05) is 6.61 Å². The number of hydrogen-bond donors (Lipinski definition) is 0. The van der Waals surface area contributed by atoms with Gasteiger partial charge in [0.2, 0.25) is 0 Å². The summed E-state index contributed by atoms with van der Waals surface area (Å²) >= 11 is 5.18. The molecule has 18 heavy (non-hydrogen) atoms. The Labute approximate surface area is 118 Å². The van der Waals surface area contributed by atoms with Crippen molar-refractivity contribution in [3.8, 4) is 0 Å². The minimum Gasteiger partial charge on any atom is -0.461 e. The quantitative estimate of drug-likeness (QED) is 0.793. The minimum atomic E-state index is -0.210. The molecule has 0 unspecified atom stereocenters. The zero-order valence-electron chi connectivity index (χ0n) is 10.1. The average Bonchev–Trinajstić information content (AvgIpc) is 2.98. The highest BCUT2D eigenvalue weighted by atomic mass is 79.9. The number of aromatic nitrogens is 1. The topological polar surface area (TPSA) is 31.2 Å². The molecule has 2 heterocycles. The molecule has 1 aliphatic rings. The molecule has 3 rings (SSSR count). The maximum Gasteiger partial charge on any atom is 0.354 e. The van der Waals surface area contributed by atoms with Crippen molar-refractivity contribution in [1.82, 2.24) is 4.57 Å². The van der Waals surface area contributed by atoms with Crippen LogP contribution in [0.25, 0.3) is 10.2 Å². The molecule has 0 bridgehead atoms. The van der Waals surface area contributed by atoms with Crippen LogP contribution in [0.1, 0.15) is 30.3 Å². The summed E-state index contributed by atoms with van der Waals surface area (Å²) in [5, 5.41) is 1.12. The van der Waals surface area contributed by atoms with Gasteiger partial charge in [0.25, 0.3) is 0 Å². The lowest BCUT2D eigenvalue weighted by Crippen LogP contribution is -2.12. The third kappa shape index (κ3) is 2.21. The molecule has 0 atom stereocenters. The van der Waals surface area contributed by atoms with Crippen molar-refractivity contribution in [1.29, 1.82) is 0 Å². The number of rotatable bonds is 4. The van der Waals surface area contributed by atoms with Crippen LogP contribution in [-0.2, 0) is 11.3 Å². The molecule has 0 aliphatic heterocycles. The second-order valence-electron chi connectivity index (χ2n) is 4.62. The Hall–Kier alpha value is -0.810. The van der Waals surface area contributed by atoms with E-state index < -0.39 is 0 Å². The second kappa shape index (κ2) is 4.70. The summed E-state index contributed by atoms with van der Waals surface area (Å²) in [6, 6.07) is 4.00. The van der Waals surface area contributed by atoms with E-state index in [1.165, 1.54) is 12.8 Å². The molecule has 0 spiro atoms. The molecule has 0 saturated heterocycles. The average molecular weight is 328 g/mol. The van der Waals surface area contributed by atoms with Gasteiger partial charge in [-0.25, -0.2) is 4.79 Å². The fraction of sp³-hybridized carbons (Fsp3) is 0.462. The molecule has 2 aromatic heterocycles. The van der Waals surface area contributed by atoms with E-state index in [0.29, 0.717) is 12.3 Å². The highest BCUT2D eigenvalue weighted by Crippen LogP contribution is 2.37. The van der Waals surface area contributed by atoms with Crippen molar-refractivity contribution in [2.45, 2.75) is 26.3 Å². The number of ether oxygens (including phenoxy) is 1. The van der Waals surface area contributed by atoms with Crippen molar-refractivity contribution in [2.24, 2.45) is 5.92 Å². The number of fused-ring (bicyclic) bond motifs is 1. The number of esters is 1. The first-order valence-corrected chi connectivity index (χ1v) is 7.75. The summed E-state index contributed by atoms with van der Waals surface area (Å²) in [6.45, 7) is 3.19. The first kappa shape index (κ1) is 12.2. The fourth-order valence-electron chi connectivity index (χ4n) is 2.13. The molecule has 0 N–H and O–H groups in total. The standard InChI is InChI=1S/C13H14BrNO2S/c1-2-17-13(16)10-5-9-6-11(14)18-12(9)15(10)7-8-3-4-8/h5-6,8H,2-4,7H2,1H3. The maximum atomic E-state index is 12.0. The molecule has 3 nitrogen and oxygen atoms in total. The van der Waals surface area contributed by atoms with Gasteiger partial charge in [0.05, 0.1) is 10.4 Å². The first-order valence-electron chi connectivity index (χ1n) is 6.14. The Morgan fingerprint density at radius 1 is 1.56 bits per heavy atom. The molecular formula is C13H14BrNO2S. The highest BCUT2D eigenvalue weighted by Gasteiger charge is 2.26. The van der Waals surface area contributed by atoms with E-state index in [0.717, 1.165) is 26.5 Å². The Balaban J connectivity index is 2.04. The minimum absolute atomic E-state index is 0.210. The van der Waals surface area contributed by atoms with Gasteiger partial charge in [0, 0.05) is 11.9 Å². The Kier molecular flexibility index (Phi) is 3.20. The van der Waals surface area contributed by atoms with Crippen molar-refractivity contribution in [3.63, 3.8) is 0 Å². The summed E-state index contributed by atoms with van der Waals surface area (Å²) in [5.74, 6) is 0.521. The van der Waals surface area contributed by atoms with Crippen LogP contribution in [-0.4, -0.2) is 17.1 Å². The molecule has 1 fully saturated rings. The number of thiophene rings is 1. The summed E-state index contributed by atoms with van der Waals surface area (Å²) in [7, 11) is 0. The number of carbonyl (C=O) groups excluding carboxylic acids is 1. The van der Waals surface area contributed by atoms with E-state index in [1.54, 1.807) is 11.3 Å². The van der Waals surface area contributed by atoms with Gasteiger partial charge in [-0.05, 0) is 53.7 Å². The van der Waals surface area contributed by atoms with Crippen LogP contribution in [0.2, 0.25) is 0 Å². The fourth-order valence-corrected chi connectivity index (χ4v) is 3.72. The zero-order valence-corrected chi connectivity index (χ0v) is 12.5. The van der Waals surface area contributed by atoms with Gasteiger partial charge in [0.15, 0.2) is 0 Å². The van der Waals surface area contributed by atoms with E-state index in [1.807, 2.05) is 13.0 Å². The lowest BCUT2D eigenvalue weighted by Gasteiger charge is -2.08. The number of halogens is 1. The molecule has 1 saturated carbocycles. The van der Waals surface area contributed by atoms with Crippen molar-refractivity contribution >= 4 is 43.5 Å². The summed E-state index contributed by atoms with van der Waals surface area (Å²) in [5.41, 5.74) is 0.692. The third-order valence-corrected chi connectivity index (χ3v) is 4.84. The smallest absolute Gasteiger partial charge is 0.354 e. The van der Waals surface area contributed by atoms with Gasteiger partial charge in [-0.3, -0.25) is 0 Å². The number of nitrogens with zero attached hydrogens (tertiary/aromatic N) is 1. The molecule has 2 aromatic rings. The predicted octanol–water partition coefficient (Wildman–Crippen LogP) is 4.05. The van der Waals surface area contributed by atoms with Crippen LogP contribution in [0.4, 0.5) is 0 Å². The largest absolute Gasteiger partial charge is 0.461 e. The Bertz CT molecular complexity index is 597. The van der Waals surface area contributed by atoms with Crippen LogP contribution >= 0.6 is 27.3 Å². The van der Waals surface area contributed by atoms with Gasteiger partial charge < -0.3 is 9.30 Å². The Morgan fingerprint density at radius 2 is 2.33 bits per heavy atom. The molecular weight excluding hydrogens is 314 g/mol. The van der Waals surface area contributed by atoms with Crippen LogP contribution in [0.3, 0.4) is 0 Å². The number of carbonyl (C=O) groups is 1. The van der Waals surface area contributed by atoms with E-state index in [4.69, 9.17) is 4.74 Å². The summed E-state index contributed by atoms with van der Waals surface area (Å²) < 4.78 is 8.36. The van der Waals surface area contributed by atoms with E-state index in [-0.39, 0.29) is 5.97 Å². The predicted molar refractivity (Wildman–Crippen MR) is 76.2 cm³/mol. The second-order valence-corrected chi connectivity index (χ2v) is 7.02. The maximum absolute atomic E-state index is 12.0. The summed E-state index contributed by atoms with van der Waals surface area (Å²) in [4.78, 5) is 13.1. The van der Waals surface area contributed by atoms with Crippen LogP contribution in [0.15, 0.2) is 15.9 Å².